The van der Waals surface area contributed by atoms with Gasteiger partial charge in [0.25, 0.3) is 5.91 Å². The van der Waals surface area contributed by atoms with Crippen molar-refractivity contribution in [1.82, 2.24) is 0 Å². The van der Waals surface area contributed by atoms with Gasteiger partial charge in [-0.1, -0.05) is 18.2 Å². The summed E-state index contributed by atoms with van der Waals surface area (Å²) in [6.07, 6.45) is -0.132. The zero-order valence-electron chi connectivity index (χ0n) is 15.9. The van der Waals surface area contributed by atoms with Gasteiger partial charge in [-0.3, -0.25) is 4.79 Å². The normalized spacial score (nSPS) is 16.4. The molecule has 2 aromatic carbocycles. The van der Waals surface area contributed by atoms with Crippen molar-refractivity contribution in [3.8, 4) is 11.5 Å². The fourth-order valence-corrected chi connectivity index (χ4v) is 3.34. The van der Waals surface area contributed by atoms with Gasteiger partial charge in [-0.15, -0.1) is 0 Å². The van der Waals surface area contributed by atoms with E-state index in [1.54, 1.807) is 30.0 Å². The molecular formula is C21H23NO5. The fourth-order valence-electron chi connectivity index (χ4n) is 3.34. The van der Waals surface area contributed by atoms with Crippen molar-refractivity contribution in [2.24, 2.45) is 0 Å². The topological polar surface area (TPSA) is 65.1 Å². The molecule has 0 aliphatic carbocycles. The molecule has 0 radical (unpaired) electrons. The van der Waals surface area contributed by atoms with Gasteiger partial charge in [-0.25, -0.2) is 4.79 Å². The molecule has 142 valence electrons. The number of anilines is 1. The van der Waals surface area contributed by atoms with E-state index in [-0.39, 0.29) is 17.5 Å². The first-order valence-corrected chi connectivity index (χ1v) is 8.80. The Bertz CT molecular complexity index is 863. The highest BCUT2D eigenvalue weighted by Crippen LogP contribution is 2.33. The standard InChI is InChI=1S/C21H23NO5/c1-13-11-15-7-5-6-8-18(15)22(13)20(23)14(2)27-21(24)17-10-9-16(25-3)12-19(17)26-4/h5-10,12-14H,11H2,1-4H3/t13-,14-/m0/s1. The maximum absolute atomic E-state index is 12.9. The van der Waals surface area contributed by atoms with Crippen molar-refractivity contribution in [1.29, 1.82) is 0 Å². The molecule has 0 saturated carbocycles. The van der Waals surface area contributed by atoms with Crippen molar-refractivity contribution in [3.05, 3.63) is 53.6 Å². The number of ether oxygens (including phenoxy) is 3. The molecule has 0 saturated heterocycles. The third-order valence-corrected chi connectivity index (χ3v) is 4.70. The summed E-state index contributed by atoms with van der Waals surface area (Å²) >= 11 is 0. The van der Waals surface area contributed by atoms with Gasteiger partial charge >= 0.3 is 5.97 Å². The number of fused-ring (bicyclic) bond motifs is 1. The number of amides is 1. The Kier molecular flexibility index (Phi) is 5.35. The summed E-state index contributed by atoms with van der Waals surface area (Å²) in [5.74, 6) is 0.0395. The van der Waals surface area contributed by atoms with E-state index in [0.29, 0.717) is 11.5 Å². The molecule has 1 amide bonds. The first-order chi connectivity index (χ1) is 13.0. The summed E-state index contributed by atoms with van der Waals surface area (Å²) < 4.78 is 15.8. The number of esters is 1. The van der Waals surface area contributed by atoms with Gasteiger partial charge in [-0.05, 0) is 44.0 Å². The SMILES string of the molecule is COc1ccc(C(=O)O[C@@H](C)C(=O)N2c3ccccc3C[C@@H]2C)c(OC)c1. The van der Waals surface area contributed by atoms with Crippen LogP contribution in [0.2, 0.25) is 0 Å². The van der Waals surface area contributed by atoms with Crippen molar-refractivity contribution in [2.75, 3.05) is 19.1 Å². The number of nitrogens with zero attached hydrogens (tertiary/aromatic N) is 1. The van der Waals surface area contributed by atoms with Crippen LogP contribution in [-0.2, 0) is 16.0 Å². The Balaban J connectivity index is 1.76. The second-order valence-electron chi connectivity index (χ2n) is 6.50. The second-order valence-corrected chi connectivity index (χ2v) is 6.50. The molecule has 1 heterocycles. The molecule has 0 unspecified atom stereocenters. The lowest BCUT2D eigenvalue weighted by Crippen LogP contribution is -2.43. The first-order valence-electron chi connectivity index (χ1n) is 8.80. The summed E-state index contributed by atoms with van der Waals surface area (Å²) in [5, 5.41) is 0. The summed E-state index contributed by atoms with van der Waals surface area (Å²) in [5.41, 5.74) is 2.24. The Morgan fingerprint density at radius 2 is 1.85 bits per heavy atom. The van der Waals surface area contributed by atoms with E-state index >= 15 is 0 Å². The quantitative estimate of drug-likeness (QED) is 0.757. The Morgan fingerprint density at radius 3 is 2.56 bits per heavy atom. The predicted octanol–water partition coefficient (Wildman–Crippen LogP) is 3.23. The lowest BCUT2D eigenvalue weighted by molar-refractivity contribution is -0.126. The third kappa shape index (κ3) is 3.60. The molecule has 6 nitrogen and oxygen atoms in total. The highest BCUT2D eigenvalue weighted by atomic mass is 16.5. The molecule has 27 heavy (non-hydrogen) atoms. The molecule has 0 N–H and O–H groups in total. The highest BCUT2D eigenvalue weighted by Gasteiger charge is 2.34. The molecule has 2 atom stereocenters. The minimum absolute atomic E-state index is 0.0200. The summed E-state index contributed by atoms with van der Waals surface area (Å²) in [6.45, 7) is 3.57. The van der Waals surface area contributed by atoms with E-state index in [0.717, 1.165) is 17.7 Å². The molecule has 1 aliphatic rings. The van der Waals surface area contributed by atoms with Crippen LogP contribution in [0, 0.1) is 0 Å². The zero-order chi connectivity index (χ0) is 19.6. The van der Waals surface area contributed by atoms with Gasteiger partial charge in [0.05, 0.1) is 14.2 Å². The number of hydrogen-bond donors (Lipinski definition) is 0. The maximum Gasteiger partial charge on any atom is 0.342 e. The van der Waals surface area contributed by atoms with Gasteiger partial charge in [0, 0.05) is 17.8 Å². The van der Waals surface area contributed by atoms with Crippen molar-refractivity contribution < 1.29 is 23.8 Å². The minimum atomic E-state index is -0.919. The van der Waals surface area contributed by atoms with Crippen LogP contribution in [0.15, 0.2) is 42.5 Å². The number of rotatable bonds is 5. The molecule has 0 fully saturated rings. The minimum Gasteiger partial charge on any atom is -0.497 e. The number of methoxy groups -OCH3 is 2. The molecule has 3 rings (SSSR count). The van der Waals surface area contributed by atoms with Gasteiger partial charge < -0.3 is 19.1 Å². The summed E-state index contributed by atoms with van der Waals surface area (Å²) in [7, 11) is 2.99. The fraction of sp³-hybridized carbons (Fsp3) is 0.333. The number of hydrogen-bond acceptors (Lipinski definition) is 5. The van der Waals surface area contributed by atoms with Crippen LogP contribution in [0.25, 0.3) is 0 Å². The summed E-state index contributed by atoms with van der Waals surface area (Å²) in [4.78, 5) is 27.2. The lowest BCUT2D eigenvalue weighted by atomic mass is 10.1. The number of para-hydroxylation sites is 1. The van der Waals surface area contributed by atoms with E-state index in [4.69, 9.17) is 14.2 Å². The van der Waals surface area contributed by atoms with E-state index in [2.05, 4.69) is 0 Å². The van der Waals surface area contributed by atoms with Gasteiger partial charge in [0.1, 0.15) is 17.1 Å². The maximum atomic E-state index is 12.9. The monoisotopic (exact) mass is 369 g/mol. The number of carbonyl (C=O) groups is 2. The van der Waals surface area contributed by atoms with Crippen LogP contribution < -0.4 is 14.4 Å². The second kappa shape index (κ2) is 7.70. The first kappa shape index (κ1) is 18.8. The average Bonchev–Trinajstić information content (AvgIpc) is 3.02. The highest BCUT2D eigenvalue weighted by molar-refractivity contribution is 6.01. The third-order valence-electron chi connectivity index (χ3n) is 4.70. The van der Waals surface area contributed by atoms with Gasteiger partial charge in [-0.2, -0.15) is 0 Å². The van der Waals surface area contributed by atoms with Crippen LogP contribution in [0.4, 0.5) is 5.69 Å². The molecule has 1 aliphatic heterocycles. The van der Waals surface area contributed by atoms with E-state index in [1.165, 1.54) is 14.2 Å². The number of benzene rings is 2. The van der Waals surface area contributed by atoms with Crippen LogP contribution in [0.1, 0.15) is 29.8 Å². The largest absolute Gasteiger partial charge is 0.497 e. The van der Waals surface area contributed by atoms with Crippen LogP contribution >= 0.6 is 0 Å². The average molecular weight is 369 g/mol. The molecule has 0 bridgehead atoms. The van der Waals surface area contributed by atoms with Crippen molar-refractivity contribution in [3.63, 3.8) is 0 Å². The van der Waals surface area contributed by atoms with E-state index in [1.807, 2.05) is 31.2 Å². The molecule has 0 spiro atoms. The van der Waals surface area contributed by atoms with Crippen LogP contribution in [0.3, 0.4) is 0 Å². The van der Waals surface area contributed by atoms with E-state index < -0.39 is 12.1 Å². The zero-order valence-corrected chi connectivity index (χ0v) is 15.9. The lowest BCUT2D eigenvalue weighted by Gasteiger charge is -2.26. The van der Waals surface area contributed by atoms with Gasteiger partial charge in [0.2, 0.25) is 0 Å². The van der Waals surface area contributed by atoms with E-state index in [9.17, 15) is 9.59 Å². The van der Waals surface area contributed by atoms with Crippen molar-refractivity contribution >= 4 is 17.6 Å². The number of carbonyl (C=O) groups excluding carboxylic acids is 2. The van der Waals surface area contributed by atoms with Crippen LogP contribution in [0.5, 0.6) is 11.5 Å². The smallest absolute Gasteiger partial charge is 0.342 e. The summed E-state index contributed by atoms with van der Waals surface area (Å²) in [6, 6.07) is 12.6. The Morgan fingerprint density at radius 1 is 1.11 bits per heavy atom. The van der Waals surface area contributed by atoms with Gasteiger partial charge in [0.15, 0.2) is 6.10 Å². The van der Waals surface area contributed by atoms with Crippen LogP contribution in [-0.4, -0.2) is 38.2 Å². The molecule has 6 heteroatoms. The Labute approximate surface area is 158 Å². The molecular weight excluding hydrogens is 346 g/mol. The van der Waals surface area contributed by atoms with Crippen molar-refractivity contribution in [2.45, 2.75) is 32.4 Å². The molecule has 0 aromatic heterocycles. The predicted molar refractivity (Wildman–Crippen MR) is 102 cm³/mol. The Hall–Kier alpha value is -3.02. The molecule has 2 aromatic rings.